The van der Waals surface area contributed by atoms with Crippen LogP contribution in [0, 0.1) is 0 Å². The maximum atomic E-state index is 9.57. The molecule has 0 heterocycles. The van der Waals surface area contributed by atoms with Crippen molar-refractivity contribution in [3.8, 4) is 23.0 Å². The van der Waals surface area contributed by atoms with Gasteiger partial charge in [0.2, 0.25) is 5.75 Å². The second-order valence-corrected chi connectivity index (χ2v) is 5.63. The normalized spacial score (nSPS) is 10.5. The Bertz CT molecular complexity index is 676. The molecule has 0 aliphatic rings. The smallest absolute Gasteiger partial charge is 0.219 e. The highest BCUT2D eigenvalue weighted by Crippen LogP contribution is 2.49. The molecule has 2 rings (SSSR count). The van der Waals surface area contributed by atoms with Crippen molar-refractivity contribution in [3.05, 3.63) is 43.3 Å². The third-order valence-corrected chi connectivity index (χ3v) is 4.28. The van der Waals surface area contributed by atoms with Crippen molar-refractivity contribution < 1.29 is 20.0 Å². The summed E-state index contributed by atoms with van der Waals surface area (Å²) in [4.78, 5) is 9.96. The van der Waals surface area contributed by atoms with Crippen LogP contribution in [0.15, 0.2) is 18.2 Å². The summed E-state index contributed by atoms with van der Waals surface area (Å²) >= 11 is 29.2. The van der Waals surface area contributed by atoms with Crippen molar-refractivity contribution >= 4 is 58.0 Å². The first kappa shape index (κ1) is 16.5. The predicted molar refractivity (Wildman–Crippen MR) is 82.5 cm³/mol. The molecule has 0 fully saturated rings. The average Bonchev–Trinajstić information content (AvgIpc) is 2.45. The predicted octanol–water partition coefficient (Wildman–Crippen LogP) is 5.74. The van der Waals surface area contributed by atoms with Gasteiger partial charge in [0, 0.05) is 6.07 Å². The van der Waals surface area contributed by atoms with Gasteiger partial charge in [-0.2, -0.15) is 0 Å². The Morgan fingerprint density at radius 1 is 0.762 bits per heavy atom. The largest absolute Gasteiger partial charge is 0.508 e. The van der Waals surface area contributed by atoms with Crippen LogP contribution < -0.4 is 9.78 Å². The quantitative estimate of drug-likeness (QED) is 0.399. The first-order valence-corrected chi connectivity index (χ1v) is 7.09. The van der Waals surface area contributed by atoms with Crippen LogP contribution in [-0.2, 0) is 0 Å². The zero-order chi connectivity index (χ0) is 15.7. The van der Waals surface area contributed by atoms with Gasteiger partial charge < -0.3 is 10.2 Å². The molecule has 0 aromatic heterocycles. The molecule has 0 unspecified atom stereocenters. The van der Waals surface area contributed by atoms with E-state index >= 15 is 0 Å². The van der Waals surface area contributed by atoms with Gasteiger partial charge in [-0.3, -0.25) is 9.78 Å². The summed E-state index contributed by atoms with van der Waals surface area (Å²) in [5.74, 6) is -0.598. The molecule has 0 spiro atoms. The maximum Gasteiger partial charge on any atom is 0.219 e. The minimum absolute atomic E-state index is 0.0425. The van der Waals surface area contributed by atoms with Crippen LogP contribution in [0.4, 0.5) is 0 Å². The summed E-state index contributed by atoms with van der Waals surface area (Å²) in [6.07, 6.45) is 0. The Labute approximate surface area is 144 Å². The number of phenols is 2. The number of hydrogen-bond acceptors (Lipinski definition) is 4. The minimum Gasteiger partial charge on any atom is -0.508 e. The molecule has 0 atom stereocenters. The molecule has 2 N–H and O–H groups in total. The van der Waals surface area contributed by atoms with Gasteiger partial charge in [0.1, 0.15) is 25.8 Å². The fourth-order valence-corrected chi connectivity index (χ4v) is 2.41. The lowest BCUT2D eigenvalue weighted by Crippen LogP contribution is -2.02. The van der Waals surface area contributed by atoms with E-state index in [9.17, 15) is 10.2 Å². The fourth-order valence-electron chi connectivity index (χ4n) is 1.32. The number of phenolic OH excluding ortho intramolecular Hbond substituents is 2. The van der Waals surface area contributed by atoms with Crippen LogP contribution in [0.3, 0.4) is 0 Å². The van der Waals surface area contributed by atoms with Crippen molar-refractivity contribution in [1.82, 2.24) is 0 Å². The third-order valence-electron chi connectivity index (χ3n) is 2.33. The van der Waals surface area contributed by atoms with Crippen LogP contribution >= 0.6 is 58.0 Å². The molecule has 9 heteroatoms. The van der Waals surface area contributed by atoms with Gasteiger partial charge in [-0.1, -0.05) is 58.0 Å². The van der Waals surface area contributed by atoms with Crippen LogP contribution in [0.5, 0.6) is 23.0 Å². The van der Waals surface area contributed by atoms with Crippen molar-refractivity contribution in [2.24, 2.45) is 0 Å². The Hall–Kier alpha value is -0.910. The summed E-state index contributed by atoms with van der Waals surface area (Å²) in [5.41, 5.74) is 0. The van der Waals surface area contributed by atoms with Gasteiger partial charge in [-0.25, -0.2) is 0 Å². The highest BCUT2D eigenvalue weighted by atomic mass is 35.5. The molecule has 2 aromatic rings. The van der Waals surface area contributed by atoms with Crippen molar-refractivity contribution in [3.63, 3.8) is 0 Å². The van der Waals surface area contributed by atoms with Crippen LogP contribution in [-0.4, -0.2) is 10.2 Å². The number of halogens is 5. The molecule has 0 bridgehead atoms. The van der Waals surface area contributed by atoms with E-state index in [4.69, 9.17) is 67.8 Å². The summed E-state index contributed by atoms with van der Waals surface area (Å²) < 4.78 is 0. The number of benzene rings is 2. The molecular formula is C12H5Cl5O4. The highest BCUT2D eigenvalue weighted by molar-refractivity contribution is 6.50. The number of hydrogen-bond donors (Lipinski definition) is 2. The molecule has 21 heavy (non-hydrogen) atoms. The van der Waals surface area contributed by atoms with E-state index in [1.54, 1.807) is 0 Å². The lowest BCUT2D eigenvalue weighted by Gasteiger charge is -2.13. The van der Waals surface area contributed by atoms with E-state index < -0.39 is 5.75 Å². The molecule has 0 radical (unpaired) electrons. The molecule has 0 saturated carbocycles. The second kappa shape index (κ2) is 6.46. The van der Waals surface area contributed by atoms with Gasteiger partial charge in [0.25, 0.3) is 0 Å². The SMILES string of the molecule is Oc1ccc(OOc2c(Cl)c(Cl)c(O)c(Cl)c2Cl)c(Cl)c1. The van der Waals surface area contributed by atoms with Gasteiger partial charge in [-0.05, 0) is 12.1 Å². The van der Waals surface area contributed by atoms with E-state index in [0.29, 0.717) is 0 Å². The van der Waals surface area contributed by atoms with Gasteiger partial charge in [0.15, 0.2) is 11.5 Å². The van der Waals surface area contributed by atoms with E-state index in [-0.39, 0.29) is 42.4 Å². The first-order valence-electron chi connectivity index (χ1n) is 5.21. The van der Waals surface area contributed by atoms with Crippen LogP contribution in [0.2, 0.25) is 25.1 Å². The zero-order valence-corrected chi connectivity index (χ0v) is 13.6. The fraction of sp³-hybridized carbons (Fsp3) is 0. The zero-order valence-electron chi connectivity index (χ0n) is 9.83. The summed E-state index contributed by atoms with van der Waals surface area (Å²) in [7, 11) is 0. The van der Waals surface area contributed by atoms with E-state index in [1.807, 2.05) is 0 Å². The Morgan fingerprint density at radius 3 is 1.86 bits per heavy atom. The molecule has 4 nitrogen and oxygen atoms in total. The van der Waals surface area contributed by atoms with Gasteiger partial charge >= 0.3 is 0 Å². The average molecular weight is 390 g/mol. The Kier molecular flexibility index (Phi) is 5.07. The van der Waals surface area contributed by atoms with Crippen molar-refractivity contribution in [2.45, 2.75) is 0 Å². The van der Waals surface area contributed by atoms with E-state index in [1.165, 1.54) is 18.2 Å². The maximum absolute atomic E-state index is 9.57. The lowest BCUT2D eigenvalue weighted by atomic mass is 10.3. The molecule has 2 aromatic carbocycles. The third kappa shape index (κ3) is 3.30. The first-order chi connectivity index (χ1) is 9.82. The van der Waals surface area contributed by atoms with Gasteiger partial charge in [-0.15, -0.1) is 0 Å². The van der Waals surface area contributed by atoms with Crippen molar-refractivity contribution in [1.29, 1.82) is 0 Å². The second-order valence-electron chi connectivity index (χ2n) is 3.72. The van der Waals surface area contributed by atoms with Crippen LogP contribution in [0.1, 0.15) is 0 Å². The molecule has 0 aliphatic heterocycles. The van der Waals surface area contributed by atoms with Crippen molar-refractivity contribution in [2.75, 3.05) is 0 Å². The standard InChI is InChI=1S/C12H5Cl5O4/c13-5-3-4(18)1-2-6(5)20-21-12-9(16)7(14)11(19)8(15)10(12)17/h1-3,18-19H. The number of aromatic hydroxyl groups is 2. The van der Waals surface area contributed by atoms with E-state index in [2.05, 4.69) is 0 Å². The molecular weight excluding hydrogens is 385 g/mol. The molecule has 0 saturated heterocycles. The molecule has 0 amide bonds. The van der Waals surface area contributed by atoms with Crippen LogP contribution in [0.25, 0.3) is 0 Å². The van der Waals surface area contributed by atoms with Gasteiger partial charge in [0.05, 0.1) is 5.02 Å². The Balaban J connectivity index is 2.32. The lowest BCUT2D eigenvalue weighted by molar-refractivity contribution is -0.0996. The summed E-state index contributed by atoms with van der Waals surface area (Å²) in [5, 5.41) is 18.1. The highest BCUT2D eigenvalue weighted by Gasteiger charge is 2.23. The topological polar surface area (TPSA) is 58.9 Å². The number of rotatable bonds is 3. The molecule has 112 valence electrons. The summed E-state index contributed by atoms with van der Waals surface area (Å²) in [6, 6.07) is 3.95. The van der Waals surface area contributed by atoms with E-state index in [0.717, 1.165) is 0 Å². The minimum atomic E-state index is -0.469. The summed E-state index contributed by atoms with van der Waals surface area (Å²) in [6.45, 7) is 0. The monoisotopic (exact) mass is 388 g/mol. The Morgan fingerprint density at radius 2 is 1.33 bits per heavy atom. The molecule has 0 aliphatic carbocycles.